The van der Waals surface area contributed by atoms with E-state index in [2.05, 4.69) is 11.1 Å². The molecular weight excluding hydrogens is 414 g/mol. The molecule has 4 rings (SSSR count). The molecule has 0 bridgehead atoms. The molecule has 0 unspecified atom stereocenters. The second kappa shape index (κ2) is 10.7. The third kappa shape index (κ3) is 5.57. The standard InChI is InChI=1S/C28H27NO4/c1-3-32-27(30)16-23-17-29-26-13-5-4-12-25(26)28(23)22-10-7-11-24(15-22)33-19-21-9-6-8-20(14-21)18-31-2/h4-15,17H,3,16,18-19H2,1-2H3. The Morgan fingerprint density at radius 2 is 1.70 bits per heavy atom. The molecule has 0 aliphatic heterocycles. The van der Waals surface area contributed by atoms with Crippen LogP contribution < -0.4 is 4.74 Å². The maximum absolute atomic E-state index is 12.2. The highest BCUT2D eigenvalue weighted by atomic mass is 16.5. The SMILES string of the molecule is CCOC(=O)Cc1cnc2ccccc2c1-c1cccc(OCc2cccc(COC)c2)c1. The number of hydrogen-bond acceptors (Lipinski definition) is 5. The molecule has 0 N–H and O–H groups in total. The fourth-order valence-corrected chi connectivity index (χ4v) is 3.91. The number of carbonyl (C=O) groups excluding carboxylic acids is 1. The molecule has 0 fully saturated rings. The van der Waals surface area contributed by atoms with Crippen molar-refractivity contribution in [2.24, 2.45) is 0 Å². The molecule has 5 nitrogen and oxygen atoms in total. The number of fused-ring (bicyclic) bond motifs is 1. The van der Waals surface area contributed by atoms with Crippen molar-refractivity contribution < 1.29 is 19.0 Å². The minimum absolute atomic E-state index is 0.165. The first-order valence-corrected chi connectivity index (χ1v) is 11.0. The Balaban J connectivity index is 1.65. The molecule has 3 aromatic carbocycles. The topological polar surface area (TPSA) is 57.7 Å². The van der Waals surface area contributed by atoms with Crippen LogP contribution in [0.5, 0.6) is 5.75 Å². The normalized spacial score (nSPS) is 10.8. The molecule has 0 saturated heterocycles. The van der Waals surface area contributed by atoms with Gasteiger partial charge in [0.25, 0.3) is 0 Å². The summed E-state index contributed by atoms with van der Waals surface area (Å²) in [6, 6.07) is 24.1. The van der Waals surface area contributed by atoms with Crippen LogP contribution in [0, 0.1) is 0 Å². The fourth-order valence-electron chi connectivity index (χ4n) is 3.91. The Kier molecular flexibility index (Phi) is 7.33. The Bertz CT molecular complexity index is 1250. The lowest BCUT2D eigenvalue weighted by molar-refractivity contribution is -0.142. The van der Waals surface area contributed by atoms with Crippen molar-refractivity contribution in [1.29, 1.82) is 0 Å². The van der Waals surface area contributed by atoms with Gasteiger partial charge in [0.2, 0.25) is 0 Å². The predicted octanol–water partition coefficient (Wildman–Crippen LogP) is 5.73. The molecule has 0 aliphatic carbocycles. The minimum Gasteiger partial charge on any atom is -0.489 e. The molecule has 0 radical (unpaired) electrons. The van der Waals surface area contributed by atoms with Gasteiger partial charge in [-0.3, -0.25) is 9.78 Å². The van der Waals surface area contributed by atoms with Crippen LogP contribution in [0.4, 0.5) is 0 Å². The lowest BCUT2D eigenvalue weighted by atomic mass is 9.95. The quantitative estimate of drug-likeness (QED) is 0.310. The summed E-state index contributed by atoms with van der Waals surface area (Å²) < 4.78 is 16.5. The molecule has 4 aromatic rings. The van der Waals surface area contributed by atoms with Gasteiger partial charge in [-0.05, 0) is 52.9 Å². The Morgan fingerprint density at radius 1 is 0.909 bits per heavy atom. The van der Waals surface area contributed by atoms with E-state index in [1.54, 1.807) is 13.3 Å². The molecule has 0 atom stereocenters. The second-order valence-electron chi connectivity index (χ2n) is 7.73. The average molecular weight is 442 g/mol. The van der Waals surface area contributed by atoms with Crippen LogP contribution in [0.2, 0.25) is 0 Å². The highest BCUT2D eigenvalue weighted by molar-refractivity contribution is 5.97. The van der Waals surface area contributed by atoms with Gasteiger partial charge in [0.05, 0.1) is 25.2 Å². The van der Waals surface area contributed by atoms with E-state index >= 15 is 0 Å². The third-order valence-electron chi connectivity index (χ3n) is 5.32. The maximum atomic E-state index is 12.2. The van der Waals surface area contributed by atoms with E-state index in [1.165, 1.54) is 0 Å². The number of benzene rings is 3. The monoisotopic (exact) mass is 441 g/mol. The molecule has 0 saturated carbocycles. The molecule has 0 spiro atoms. The van der Waals surface area contributed by atoms with Gasteiger partial charge in [-0.1, -0.05) is 54.6 Å². The fraction of sp³-hybridized carbons (Fsp3) is 0.214. The summed E-state index contributed by atoms with van der Waals surface area (Å²) in [4.78, 5) is 16.8. The summed E-state index contributed by atoms with van der Waals surface area (Å²) in [6.45, 7) is 3.18. The van der Waals surface area contributed by atoms with Gasteiger partial charge in [-0.2, -0.15) is 0 Å². The number of pyridine rings is 1. The van der Waals surface area contributed by atoms with Gasteiger partial charge in [0, 0.05) is 18.7 Å². The lowest BCUT2D eigenvalue weighted by Crippen LogP contribution is -2.09. The number of aromatic nitrogens is 1. The number of nitrogens with zero attached hydrogens (tertiary/aromatic N) is 1. The van der Waals surface area contributed by atoms with Gasteiger partial charge in [-0.25, -0.2) is 0 Å². The Morgan fingerprint density at radius 3 is 2.52 bits per heavy atom. The smallest absolute Gasteiger partial charge is 0.310 e. The zero-order valence-electron chi connectivity index (χ0n) is 18.9. The minimum atomic E-state index is -0.265. The molecule has 33 heavy (non-hydrogen) atoms. The van der Waals surface area contributed by atoms with E-state index in [1.807, 2.05) is 73.7 Å². The van der Waals surface area contributed by atoms with E-state index < -0.39 is 0 Å². The molecule has 1 heterocycles. The summed E-state index contributed by atoms with van der Waals surface area (Å²) in [5.74, 6) is 0.492. The van der Waals surface area contributed by atoms with E-state index in [9.17, 15) is 4.79 Å². The van der Waals surface area contributed by atoms with Gasteiger partial charge in [0.1, 0.15) is 12.4 Å². The van der Waals surface area contributed by atoms with Gasteiger partial charge in [-0.15, -0.1) is 0 Å². The van der Waals surface area contributed by atoms with Crippen LogP contribution in [0.25, 0.3) is 22.0 Å². The number of carbonyl (C=O) groups is 1. The zero-order chi connectivity index (χ0) is 23.0. The number of hydrogen-bond donors (Lipinski definition) is 0. The number of esters is 1. The largest absolute Gasteiger partial charge is 0.489 e. The molecule has 168 valence electrons. The van der Waals surface area contributed by atoms with E-state index in [4.69, 9.17) is 14.2 Å². The Labute approximate surface area is 194 Å². The first kappa shape index (κ1) is 22.5. The summed E-state index contributed by atoms with van der Waals surface area (Å²) in [6.07, 6.45) is 1.93. The highest BCUT2D eigenvalue weighted by Gasteiger charge is 2.15. The summed E-state index contributed by atoms with van der Waals surface area (Å²) in [7, 11) is 1.69. The first-order chi connectivity index (χ1) is 16.2. The molecule has 5 heteroatoms. The van der Waals surface area contributed by atoms with Crippen LogP contribution in [-0.2, 0) is 33.9 Å². The number of para-hydroxylation sites is 1. The van der Waals surface area contributed by atoms with Crippen molar-refractivity contribution in [2.75, 3.05) is 13.7 Å². The summed E-state index contributed by atoms with van der Waals surface area (Å²) in [5, 5.41) is 0.990. The molecule has 0 aliphatic rings. The van der Waals surface area contributed by atoms with Crippen molar-refractivity contribution >= 4 is 16.9 Å². The second-order valence-corrected chi connectivity index (χ2v) is 7.73. The van der Waals surface area contributed by atoms with E-state index in [0.717, 1.165) is 44.5 Å². The van der Waals surface area contributed by atoms with Crippen molar-refractivity contribution in [3.05, 3.63) is 95.7 Å². The predicted molar refractivity (Wildman–Crippen MR) is 129 cm³/mol. The molecule has 0 amide bonds. The highest BCUT2D eigenvalue weighted by Crippen LogP contribution is 2.33. The van der Waals surface area contributed by atoms with Crippen LogP contribution in [0.15, 0.2) is 79.0 Å². The first-order valence-electron chi connectivity index (χ1n) is 11.0. The van der Waals surface area contributed by atoms with E-state index in [0.29, 0.717) is 19.8 Å². The zero-order valence-corrected chi connectivity index (χ0v) is 18.9. The van der Waals surface area contributed by atoms with Crippen LogP contribution >= 0.6 is 0 Å². The average Bonchev–Trinajstić information content (AvgIpc) is 2.83. The Hall–Kier alpha value is -3.70. The van der Waals surface area contributed by atoms with Crippen molar-refractivity contribution in [3.63, 3.8) is 0 Å². The molecule has 1 aromatic heterocycles. The number of ether oxygens (including phenoxy) is 3. The van der Waals surface area contributed by atoms with Crippen molar-refractivity contribution in [1.82, 2.24) is 4.98 Å². The number of methoxy groups -OCH3 is 1. The van der Waals surface area contributed by atoms with E-state index in [-0.39, 0.29) is 12.4 Å². The van der Waals surface area contributed by atoms with Gasteiger partial charge < -0.3 is 14.2 Å². The maximum Gasteiger partial charge on any atom is 0.310 e. The van der Waals surface area contributed by atoms with Crippen LogP contribution in [0.1, 0.15) is 23.6 Å². The third-order valence-corrected chi connectivity index (χ3v) is 5.32. The van der Waals surface area contributed by atoms with Crippen LogP contribution in [0.3, 0.4) is 0 Å². The van der Waals surface area contributed by atoms with Crippen molar-refractivity contribution in [2.45, 2.75) is 26.6 Å². The van der Waals surface area contributed by atoms with Crippen molar-refractivity contribution in [3.8, 4) is 16.9 Å². The summed E-state index contributed by atoms with van der Waals surface area (Å²) >= 11 is 0. The van der Waals surface area contributed by atoms with Crippen LogP contribution in [-0.4, -0.2) is 24.7 Å². The van der Waals surface area contributed by atoms with Gasteiger partial charge in [0.15, 0.2) is 0 Å². The lowest BCUT2D eigenvalue weighted by Gasteiger charge is -2.14. The molecular formula is C28H27NO4. The van der Waals surface area contributed by atoms with Gasteiger partial charge >= 0.3 is 5.97 Å². The number of rotatable bonds is 9. The summed E-state index contributed by atoms with van der Waals surface area (Å²) in [5.41, 5.74) is 5.84.